The van der Waals surface area contributed by atoms with Gasteiger partial charge in [-0.05, 0) is 67.1 Å². The Morgan fingerprint density at radius 1 is 1.11 bits per heavy atom. The summed E-state index contributed by atoms with van der Waals surface area (Å²) in [6, 6.07) is 8.70. The number of nitrogens with one attached hydrogen (secondary N) is 1. The van der Waals surface area contributed by atoms with E-state index in [1.54, 1.807) is 6.07 Å². The molecule has 1 amide bonds. The van der Waals surface area contributed by atoms with E-state index in [9.17, 15) is 13.6 Å². The van der Waals surface area contributed by atoms with Gasteiger partial charge in [-0.25, -0.2) is 8.78 Å². The lowest BCUT2D eigenvalue weighted by Crippen LogP contribution is -2.11. The lowest BCUT2D eigenvalue weighted by molar-refractivity contribution is 0.103. The molecule has 3 aromatic rings. The Bertz CT molecular complexity index is 998. The molecule has 140 valence electrons. The largest absolute Gasteiger partial charge is 0.489 e. The zero-order chi connectivity index (χ0) is 19.6. The molecular formula is C21H19F2NO2S. The average molecular weight is 387 g/mol. The molecule has 0 fully saturated rings. The first-order valence-electron chi connectivity index (χ1n) is 8.38. The number of carbonyl (C=O) groups is 1. The van der Waals surface area contributed by atoms with Gasteiger partial charge in [0.2, 0.25) is 0 Å². The van der Waals surface area contributed by atoms with Gasteiger partial charge in [0.25, 0.3) is 5.91 Å². The second-order valence-corrected chi connectivity index (χ2v) is 7.30. The first-order valence-corrected chi connectivity index (χ1v) is 9.26. The van der Waals surface area contributed by atoms with E-state index in [4.69, 9.17) is 4.74 Å². The molecule has 1 aromatic heterocycles. The maximum Gasteiger partial charge on any atom is 0.265 e. The van der Waals surface area contributed by atoms with Crippen LogP contribution in [0.1, 0.15) is 31.9 Å². The van der Waals surface area contributed by atoms with Crippen LogP contribution in [0.25, 0.3) is 0 Å². The van der Waals surface area contributed by atoms with E-state index in [1.807, 2.05) is 32.2 Å². The van der Waals surface area contributed by atoms with Gasteiger partial charge in [-0.15, -0.1) is 11.3 Å². The number of rotatable bonds is 5. The molecule has 0 aliphatic rings. The Hall–Kier alpha value is -2.73. The summed E-state index contributed by atoms with van der Waals surface area (Å²) in [4.78, 5) is 12.7. The highest BCUT2D eigenvalue weighted by Crippen LogP contribution is 2.25. The molecule has 2 aromatic carbocycles. The molecule has 1 N–H and O–H groups in total. The van der Waals surface area contributed by atoms with Crippen LogP contribution in [0.4, 0.5) is 14.5 Å². The molecule has 0 unspecified atom stereocenters. The summed E-state index contributed by atoms with van der Waals surface area (Å²) in [5, 5.41) is 4.21. The standard InChI is InChI=1S/C21H19F2NO2S/c1-12-6-13(2)14(3)19(7-12)26-10-15-8-20(27-11-15)21(25)24-18-9-16(22)4-5-17(18)23/h4-9,11H,10H2,1-3H3,(H,24,25). The summed E-state index contributed by atoms with van der Waals surface area (Å²) in [5.41, 5.74) is 4.01. The van der Waals surface area contributed by atoms with Crippen molar-refractivity contribution < 1.29 is 18.3 Å². The van der Waals surface area contributed by atoms with Crippen molar-refractivity contribution in [1.82, 2.24) is 0 Å². The molecule has 27 heavy (non-hydrogen) atoms. The van der Waals surface area contributed by atoms with Crippen molar-refractivity contribution in [2.45, 2.75) is 27.4 Å². The van der Waals surface area contributed by atoms with E-state index in [0.717, 1.165) is 46.2 Å². The van der Waals surface area contributed by atoms with Gasteiger partial charge in [-0.2, -0.15) is 0 Å². The fourth-order valence-corrected chi connectivity index (χ4v) is 3.45. The van der Waals surface area contributed by atoms with Gasteiger partial charge in [-0.1, -0.05) is 6.07 Å². The normalized spacial score (nSPS) is 10.7. The number of benzene rings is 2. The summed E-state index contributed by atoms with van der Waals surface area (Å²) in [6.07, 6.45) is 0. The molecular weight excluding hydrogens is 368 g/mol. The van der Waals surface area contributed by atoms with Crippen molar-refractivity contribution >= 4 is 22.9 Å². The number of halogens is 2. The van der Waals surface area contributed by atoms with Crippen LogP contribution in [0, 0.1) is 32.4 Å². The van der Waals surface area contributed by atoms with Crippen LogP contribution >= 0.6 is 11.3 Å². The molecule has 0 atom stereocenters. The van der Waals surface area contributed by atoms with Crippen molar-refractivity contribution in [2.75, 3.05) is 5.32 Å². The Kier molecular flexibility index (Phi) is 5.56. The number of thiophene rings is 1. The fourth-order valence-electron chi connectivity index (χ4n) is 2.66. The van der Waals surface area contributed by atoms with Crippen molar-refractivity contribution in [3.05, 3.63) is 80.5 Å². The first-order chi connectivity index (χ1) is 12.8. The Morgan fingerprint density at radius 3 is 2.67 bits per heavy atom. The fraction of sp³-hybridized carbons (Fsp3) is 0.190. The van der Waals surface area contributed by atoms with Crippen LogP contribution < -0.4 is 10.1 Å². The molecule has 0 aliphatic carbocycles. The summed E-state index contributed by atoms with van der Waals surface area (Å²) in [7, 11) is 0. The van der Waals surface area contributed by atoms with E-state index in [0.29, 0.717) is 11.5 Å². The molecule has 0 spiro atoms. The molecule has 0 bridgehead atoms. The van der Waals surface area contributed by atoms with Gasteiger partial charge < -0.3 is 10.1 Å². The van der Waals surface area contributed by atoms with E-state index in [-0.39, 0.29) is 5.69 Å². The number of aryl methyl sites for hydroxylation is 2. The second kappa shape index (κ2) is 7.88. The van der Waals surface area contributed by atoms with E-state index < -0.39 is 17.5 Å². The topological polar surface area (TPSA) is 38.3 Å². The first kappa shape index (κ1) is 19.0. The minimum absolute atomic E-state index is 0.183. The van der Waals surface area contributed by atoms with E-state index in [2.05, 4.69) is 11.4 Å². The lowest BCUT2D eigenvalue weighted by atomic mass is 10.1. The summed E-state index contributed by atoms with van der Waals surface area (Å²) in [5.74, 6) is -0.976. The smallest absolute Gasteiger partial charge is 0.265 e. The van der Waals surface area contributed by atoms with Crippen molar-refractivity contribution in [3.8, 4) is 5.75 Å². The van der Waals surface area contributed by atoms with E-state index >= 15 is 0 Å². The molecule has 1 heterocycles. The minimum atomic E-state index is -0.685. The summed E-state index contributed by atoms with van der Waals surface area (Å²) >= 11 is 1.22. The molecule has 0 saturated carbocycles. The lowest BCUT2D eigenvalue weighted by Gasteiger charge is -2.11. The number of amides is 1. The maximum atomic E-state index is 13.7. The molecule has 3 rings (SSSR count). The maximum absolute atomic E-state index is 13.7. The molecule has 3 nitrogen and oxygen atoms in total. The third kappa shape index (κ3) is 4.52. The van der Waals surface area contributed by atoms with Crippen LogP contribution in [0.15, 0.2) is 41.8 Å². The quantitative estimate of drug-likeness (QED) is 0.602. The van der Waals surface area contributed by atoms with Gasteiger partial charge in [0.1, 0.15) is 24.0 Å². The van der Waals surface area contributed by atoms with Crippen LogP contribution in [0.5, 0.6) is 5.75 Å². The third-order valence-corrected chi connectivity index (χ3v) is 5.19. The minimum Gasteiger partial charge on any atom is -0.489 e. The zero-order valence-corrected chi connectivity index (χ0v) is 16.0. The number of anilines is 1. The van der Waals surface area contributed by atoms with Crippen LogP contribution in [-0.4, -0.2) is 5.91 Å². The highest BCUT2D eigenvalue weighted by atomic mass is 32.1. The van der Waals surface area contributed by atoms with Crippen LogP contribution in [0.2, 0.25) is 0 Å². The van der Waals surface area contributed by atoms with Crippen LogP contribution in [0.3, 0.4) is 0 Å². The Labute approximate surface area is 160 Å². The van der Waals surface area contributed by atoms with Gasteiger partial charge in [0, 0.05) is 11.6 Å². The van der Waals surface area contributed by atoms with Gasteiger partial charge in [-0.3, -0.25) is 4.79 Å². The SMILES string of the molecule is Cc1cc(C)c(C)c(OCc2csc(C(=O)Nc3cc(F)ccc3F)c2)c1. The second-order valence-electron chi connectivity index (χ2n) is 6.39. The van der Waals surface area contributed by atoms with E-state index in [1.165, 1.54) is 11.3 Å². The number of ether oxygens (including phenoxy) is 1. The monoisotopic (exact) mass is 387 g/mol. The average Bonchev–Trinajstić information content (AvgIpc) is 3.09. The van der Waals surface area contributed by atoms with Crippen LogP contribution in [-0.2, 0) is 6.61 Å². The van der Waals surface area contributed by atoms with Crippen molar-refractivity contribution in [1.29, 1.82) is 0 Å². The van der Waals surface area contributed by atoms with Crippen molar-refractivity contribution in [3.63, 3.8) is 0 Å². The summed E-state index contributed by atoms with van der Waals surface area (Å²) < 4.78 is 32.8. The highest BCUT2D eigenvalue weighted by Gasteiger charge is 2.13. The zero-order valence-electron chi connectivity index (χ0n) is 15.2. The number of hydrogen-bond donors (Lipinski definition) is 1. The van der Waals surface area contributed by atoms with Crippen molar-refractivity contribution in [2.24, 2.45) is 0 Å². The molecule has 0 aliphatic heterocycles. The Balaban J connectivity index is 1.68. The molecule has 6 heteroatoms. The summed E-state index contributed by atoms with van der Waals surface area (Å²) in [6.45, 7) is 6.37. The Morgan fingerprint density at radius 2 is 1.89 bits per heavy atom. The van der Waals surface area contributed by atoms with Gasteiger partial charge >= 0.3 is 0 Å². The predicted octanol–water partition coefficient (Wildman–Crippen LogP) is 5.78. The van der Waals surface area contributed by atoms with Gasteiger partial charge in [0.15, 0.2) is 0 Å². The predicted molar refractivity (Wildman–Crippen MR) is 104 cm³/mol. The third-order valence-electron chi connectivity index (χ3n) is 4.21. The molecule has 0 saturated heterocycles. The van der Waals surface area contributed by atoms with Gasteiger partial charge in [0.05, 0.1) is 10.6 Å². The highest BCUT2D eigenvalue weighted by molar-refractivity contribution is 7.12. The molecule has 0 radical (unpaired) electrons. The number of hydrogen-bond acceptors (Lipinski definition) is 3. The number of carbonyl (C=O) groups excluding carboxylic acids is 1.